The summed E-state index contributed by atoms with van der Waals surface area (Å²) in [5.41, 5.74) is 2.25. The predicted molar refractivity (Wildman–Crippen MR) is 83.8 cm³/mol. The van der Waals surface area contributed by atoms with E-state index in [1.54, 1.807) is 0 Å². The average molecular weight is 307 g/mol. The van der Waals surface area contributed by atoms with Crippen molar-refractivity contribution in [3.05, 3.63) is 53.9 Å². The summed E-state index contributed by atoms with van der Waals surface area (Å²) in [5.74, 6) is 0.144. The second-order valence-electron chi connectivity index (χ2n) is 5.41. The third-order valence-corrected chi connectivity index (χ3v) is 4.19. The van der Waals surface area contributed by atoms with Crippen LogP contribution in [0.25, 0.3) is 0 Å². The quantitative estimate of drug-likeness (QED) is 0.841. The second-order valence-corrected chi connectivity index (χ2v) is 7.59. The first kappa shape index (κ1) is 15.7. The summed E-state index contributed by atoms with van der Waals surface area (Å²) in [6.45, 7) is 3.22. The number of nitrogens with zero attached hydrogens (tertiary/aromatic N) is 2. The van der Waals surface area contributed by atoms with Crippen molar-refractivity contribution in [1.82, 2.24) is 15.1 Å². The lowest BCUT2D eigenvalue weighted by Gasteiger charge is -2.11. The van der Waals surface area contributed by atoms with Gasteiger partial charge in [0.1, 0.15) is 9.84 Å². The predicted octanol–water partition coefficient (Wildman–Crippen LogP) is 1.45. The largest absolute Gasteiger partial charge is 0.309 e. The van der Waals surface area contributed by atoms with E-state index in [9.17, 15) is 8.42 Å². The lowest BCUT2D eigenvalue weighted by molar-refractivity contribution is 0.560. The summed E-state index contributed by atoms with van der Waals surface area (Å²) in [6, 6.07) is 10.1. The molecule has 2 rings (SSSR count). The maximum absolute atomic E-state index is 11.2. The molecule has 0 bridgehead atoms. The van der Waals surface area contributed by atoms with Crippen LogP contribution in [0.4, 0.5) is 0 Å². The van der Waals surface area contributed by atoms with Crippen LogP contribution in [0.15, 0.2) is 42.7 Å². The molecule has 1 aromatic carbocycles. The highest BCUT2D eigenvalue weighted by Gasteiger charge is 2.10. The molecular formula is C15H21N3O2S. The standard InChI is InChI=1S/C15H21N3O2S/c1-13(12-21(2,19)20)16-8-15-9-17-18(11-15)10-14-6-4-3-5-7-14/h3-7,9,11,13,16H,8,10,12H2,1-2H3. The van der Waals surface area contributed by atoms with Gasteiger partial charge in [0.05, 0.1) is 18.5 Å². The molecule has 5 nitrogen and oxygen atoms in total. The summed E-state index contributed by atoms with van der Waals surface area (Å²) in [5, 5.41) is 7.52. The van der Waals surface area contributed by atoms with Gasteiger partial charge in [0, 0.05) is 30.6 Å². The van der Waals surface area contributed by atoms with Crippen molar-refractivity contribution in [3.8, 4) is 0 Å². The summed E-state index contributed by atoms with van der Waals surface area (Å²) in [6.07, 6.45) is 5.04. The normalized spacial score (nSPS) is 13.2. The van der Waals surface area contributed by atoms with Crippen LogP contribution in [0, 0.1) is 0 Å². The van der Waals surface area contributed by atoms with Crippen LogP contribution in [0.3, 0.4) is 0 Å². The van der Waals surface area contributed by atoms with Gasteiger partial charge >= 0.3 is 0 Å². The van der Waals surface area contributed by atoms with Crippen LogP contribution in [0.1, 0.15) is 18.1 Å². The molecule has 0 spiro atoms. The maximum atomic E-state index is 11.2. The molecule has 0 fully saturated rings. The Labute approximate surface area is 125 Å². The van der Waals surface area contributed by atoms with Crippen molar-refractivity contribution >= 4 is 9.84 Å². The lowest BCUT2D eigenvalue weighted by Crippen LogP contribution is -2.32. The fourth-order valence-electron chi connectivity index (χ4n) is 2.16. The summed E-state index contributed by atoms with van der Waals surface area (Å²) >= 11 is 0. The zero-order valence-electron chi connectivity index (χ0n) is 12.4. The second kappa shape index (κ2) is 6.87. The first-order valence-electron chi connectivity index (χ1n) is 6.89. The van der Waals surface area contributed by atoms with E-state index < -0.39 is 9.84 Å². The van der Waals surface area contributed by atoms with Gasteiger partial charge in [0.25, 0.3) is 0 Å². The molecule has 0 saturated heterocycles. The number of hydrogen-bond acceptors (Lipinski definition) is 4. The third kappa shape index (κ3) is 5.69. The number of aromatic nitrogens is 2. The molecule has 1 aromatic heterocycles. The van der Waals surface area contributed by atoms with Gasteiger partial charge in [-0.15, -0.1) is 0 Å². The Kier molecular flexibility index (Phi) is 5.14. The molecule has 0 aliphatic heterocycles. The number of benzene rings is 1. The molecule has 0 aliphatic carbocycles. The minimum atomic E-state index is -2.95. The molecule has 0 radical (unpaired) electrons. The fourth-order valence-corrected chi connectivity index (χ4v) is 3.19. The molecule has 0 saturated carbocycles. The van der Waals surface area contributed by atoms with Gasteiger partial charge in [-0.05, 0) is 12.5 Å². The Hall–Kier alpha value is -1.66. The summed E-state index contributed by atoms with van der Waals surface area (Å²) in [4.78, 5) is 0. The van der Waals surface area contributed by atoms with Crippen LogP contribution in [-0.2, 0) is 22.9 Å². The number of sulfone groups is 1. The van der Waals surface area contributed by atoms with Crippen molar-refractivity contribution in [2.45, 2.75) is 26.1 Å². The van der Waals surface area contributed by atoms with E-state index in [1.165, 1.54) is 11.8 Å². The van der Waals surface area contributed by atoms with E-state index in [-0.39, 0.29) is 11.8 Å². The maximum Gasteiger partial charge on any atom is 0.148 e. The Bertz CT molecular complexity index is 665. The number of nitrogens with one attached hydrogen (secondary N) is 1. The van der Waals surface area contributed by atoms with E-state index in [0.717, 1.165) is 12.1 Å². The average Bonchev–Trinajstić information content (AvgIpc) is 2.83. The van der Waals surface area contributed by atoms with Crippen molar-refractivity contribution in [3.63, 3.8) is 0 Å². The first-order valence-corrected chi connectivity index (χ1v) is 8.95. The van der Waals surface area contributed by atoms with E-state index in [0.29, 0.717) is 6.54 Å². The highest BCUT2D eigenvalue weighted by molar-refractivity contribution is 7.90. The SMILES string of the molecule is CC(CS(C)(=O)=O)NCc1cnn(Cc2ccccc2)c1. The Morgan fingerprint density at radius 1 is 1.24 bits per heavy atom. The minimum absolute atomic E-state index is 0.0718. The van der Waals surface area contributed by atoms with Crippen molar-refractivity contribution in [2.24, 2.45) is 0 Å². The monoisotopic (exact) mass is 307 g/mol. The molecule has 1 N–H and O–H groups in total. The van der Waals surface area contributed by atoms with Gasteiger partial charge in [-0.25, -0.2) is 8.42 Å². The molecule has 21 heavy (non-hydrogen) atoms. The molecule has 2 aromatic rings. The minimum Gasteiger partial charge on any atom is -0.309 e. The highest BCUT2D eigenvalue weighted by atomic mass is 32.2. The van der Waals surface area contributed by atoms with E-state index >= 15 is 0 Å². The Morgan fingerprint density at radius 2 is 1.95 bits per heavy atom. The molecule has 114 valence electrons. The molecule has 1 heterocycles. The lowest BCUT2D eigenvalue weighted by atomic mass is 10.2. The highest BCUT2D eigenvalue weighted by Crippen LogP contribution is 2.04. The van der Waals surface area contributed by atoms with Gasteiger partial charge in [-0.1, -0.05) is 30.3 Å². The van der Waals surface area contributed by atoms with Gasteiger partial charge in [-0.3, -0.25) is 4.68 Å². The van der Waals surface area contributed by atoms with Gasteiger partial charge < -0.3 is 5.32 Å². The molecular weight excluding hydrogens is 286 g/mol. The van der Waals surface area contributed by atoms with Crippen LogP contribution < -0.4 is 5.32 Å². The zero-order chi connectivity index (χ0) is 15.3. The van der Waals surface area contributed by atoms with Crippen molar-refractivity contribution in [2.75, 3.05) is 12.0 Å². The molecule has 0 aliphatic rings. The van der Waals surface area contributed by atoms with Crippen LogP contribution >= 0.6 is 0 Å². The van der Waals surface area contributed by atoms with Crippen molar-refractivity contribution in [1.29, 1.82) is 0 Å². The Morgan fingerprint density at radius 3 is 2.62 bits per heavy atom. The van der Waals surface area contributed by atoms with Gasteiger partial charge in [-0.2, -0.15) is 5.10 Å². The fraction of sp³-hybridized carbons (Fsp3) is 0.400. The third-order valence-electron chi connectivity index (χ3n) is 3.08. The topological polar surface area (TPSA) is 64.0 Å². The van der Waals surface area contributed by atoms with Gasteiger partial charge in [0.15, 0.2) is 0 Å². The Balaban J connectivity index is 1.86. The number of rotatable bonds is 7. The van der Waals surface area contributed by atoms with Crippen molar-refractivity contribution < 1.29 is 8.42 Å². The molecule has 1 atom stereocenters. The molecule has 1 unspecified atom stereocenters. The molecule has 6 heteroatoms. The van der Waals surface area contributed by atoms with Crippen LogP contribution in [0.5, 0.6) is 0 Å². The summed E-state index contributed by atoms with van der Waals surface area (Å²) in [7, 11) is -2.95. The van der Waals surface area contributed by atoms with E-state index in [1.807, 2.05) is 42.2 Å². The number of hydrogen-bond donors (Lipinski definition) is 1. The van der Waals surface area contributed by atoms with Crippen LogP contribution in [-0.4, -0.2) is 36.2 Å². The zero-order valence-corrected chi connectivity index (χ0v) is 13.2. The summed E-state index contributed by atoms with van der Waals surface area (Å²) < 4.78 is 24.3. The molecule has 0 amide bonds. The van der Waals surface area contributed by atoms with E-state index in [4.69, 9.17) is 0 Å². The van der Waals surface area contributed by atoms with Crippen LogP contribution in [0.2, 0.25) is 0 Å². The first-order chi connectivity index (χ1) is 9.92. The van der Waals surface area contributed by atoms with E-state index in [2.05, 4.69) is 22.5 Å². The van der Waals surface area contributed by atoms with Gasteiger partial charge in [0.2, 0.25) is 0 Å². The smallest absolute Gasteiger partial charge is 0.148 e.